The number of hydrogen-bond donors (Lipinski definition) is 1. The lowest BCUT2D eigenvalue weighted by atomic mass is 10.1. The summed E-state index contributed by atoms with van der Waals surface area (Å²) in [6.45, 7) is 0.111. The summed E-state index contributed by atoms with van der Waals surface area (Å²) in [6, 6.07) is 11.8. The van der Waals surface area contributed by atoms with Crippen molar-refractivity contribution in [3.63, 3.8) is 0 Å². The minimum Gasteiger partial charge on any atom is -0.349 e. The number of halogens is 2. The van der Waals surface area contributed by atoms with Gasteiger partial charge in [0.15, 0.2) is 0 Å². The van der Waals surface area contributed by atoms with Gasteiger partial charge in [-0.1, -0.05) is 48.2 Å². The van der Waals surface area contributed by atoms with Gasteiger partial charge in [0, 0.05) is 21.7 Å². The van der Waals surface area contributed by atoms with Crippen LogP contribution in [0.5, 0.6) is 0 Å². The maximum Gasteiger partial charge on any atom is 0.251 e. The molecule has 0 aromatic heterocycles. The van der Waals surface area contributed by atoms with Crippen LogP contribution in [0.1, 0.15) is 41.6 Å². The lowest BCUT2D eigenvalue weighted by molar-refractivity contribution is 0.0938. The van der Waals surface area contributed by atoms with Gasteiger partial charge in [-0.3, -0.25) is 9.10 Å². The molecule has 0 heterocycles. The molecule has 0 unspecified atom stereocenters. The Morgan fingerprint density at radius 1 is 1.07 bits per heavy atom. The quantitative estimate of drug-likeness (QED) is 0.711. The van der Waals surface area contributed by atoms with E-state index in [2.05, 4.69) is 5.32 Å². The molecule has 0 aliphatic heterocycles. The average Bonchev–Trinajstić information content (AvgIpc) is 3.11. The summed E-state index contributed by atoms with van der Waals surface area (Å²) in [5.41, 5.74) is 1.70. The molecule has 1 aliphatic rings. The highest BCUT2D eigenvalue weighted by molar-refractivity contribution is 7.92. The zero-order chi connectivity index (χ0) is 20.3. The molecule has 1 amide bonds. The van der Waals surface area contributed by atoms with Crippen LogP contribution >= 0.6 is 23.2 Å². The van der Waals surface area contributed by atoms with E-state index in [-0.39, 0.29) is 18.5 Å². The van der Waals surface area contributed by atoms with Gasteiger partial charge in [-0.15, -0.1) is 0 Å². The van der Waals surface area contributed by atoms with Gasteiger partial charge < -0.3 is 5.32 Å². The smallest absolute Gasteiger partial charge is 0.251 e. The van der Waals surface area contributed by atoms with Crippen LogP contribution in [0, 0.1) is 0 Å². The van der Waals surface area contributed by atoms with Crippen molar-refractivity contribution in [3.05, 3.63) is 63.6 Å². The molecular formula is C20H22Cl2N2O3S. The first-order valence-electron chi connectivity index (χ1n) is 9.06. The molecule has 8 heteroatoms. The Bertz CT molecular complexity index is 936. The Kier molecular flexibility index (Phi) is 6.53. The molecule has 0 radical (unpaired) electrons. The third-order valence-corrected chi connectivity index (χ3v) is 6.35. The highest BCUT2D eigenvalue weighted by Crippen LogP contribution is 2.28. The number of amides is 1. The second-order valence-corrected chi connectivity index (χ2v) is 9.83. The Balaban J connectivity index is 1.77. The van der Waals surface area contributed by atoms with Crippen molar-refractivity contribution in [2.75, 3.05) is 10.6 Å². The summed E-state index contributed by atoms with van der Waals surface area (Å²) in [6.07, 6.45) is 5.48. The highest BCUT2D eigenvalue weighted by atomic mass is 35.5. The normalized spacial score (nSPS) is 14.8. The van der Waals surface area contributed by atoms with Gasteiger partial charge in [-0.2, -0.15) is 0 Å². The largest absolute Gasteiger partial charge is 0.349 e. The molecule has 1 aliphatic carbocycles. The Morgan fingerprint density at radius 3 is 2.18 bits per heavy atom. The van der Waals surface area contributed by atoms with Gasteiger partial charge in [-0.25, -0.2) is 8.42 Å². The number of sulfonamides is 1. The molecule has 3 rings (SSSR count). The van der Waals surface area contributed by atoms with E-state index in [1.807, 2.05) is 0 Å². The second-order valence-electron chi connectivity index (χ2n) is 7.05. The first-order valence-corrected chi connectivity index (χ1v) is 11.7. The molecule has 0 saturated heterocycles. The molecule has 0 spiro atoms. The van der Waals surface area contributed by atoms with Crippen molar-refractivity contribution in [3.8, 4) is 0 Å². The summed E-state index contributed by atoms with van der Waals surface area (Å²) >= 11 is 12.0. The molecule has 1 saturated carbocycles. The maximum atomic E-state index is 12.3. The first-order chi connectivity index (χ1) is 13.2. The molecule has 2 aromatic rings. The monoisotopic (exact) mass is 440 g/mol. The topological polar surface area (TPSA) is 66.5 Å². The van der Waals surface area contributed by atoms with E-state index in [9.17, 15) is 13.2 Å². The number of benzene rings is 2. The molecule has 1 fully saturated rings. The summed E-state index contributed by atoms with van der Waals surface area (Å²) < 4.78 is 25.8. The van der Waals surface area contributed by atoms with Gasteiger partial charge in [0.25, 0.3) is 5.91 Å². The molecule has 5 nitrogen and oxygen atoms in total. The molecule has 2 aromatic carbocycles. The van der Waals surface area contributed by atoms with Crippen LogP contribution in [-0.4, -0.2) is 26.6 Å². The van der Waals surface area contributed by atoms with Gasteiger partial charge >= 0.3 is 0 Å². The minimum absolute atomic E-state index is 0.0972. The van der Waals surface area contributed by atoms with Crippen molar-refractivity contribution in [1.29, 1.82) is 0 Å². The van der Waals surface area contributed by atoms with E-state index in [1.165, 1.54) is 4.31 Å². The van der Waals surface area contributed by atoms with Crippen LogP contribution in [0.3, 0.4) is 0 Å². The number of anilines is 1. The highest BCUT2D eigenvalue weighted by Gasteiger charge is 2.20. The Hall–Kier alpha value is -1.76. The second kappa shape index (κ2) is 8.72. The summed E-state index contributed by atoms with van der Waals surface area (Å²) in [5, 5.41) is 3.76. The van der Waals surface area contributed by atoms with Crippen LogP contribution in [0.25, 0.3) is 0 Å². The standard InChI is InChI=1S/C20H22Cl2N2O3S/c1-28(26,27)24(19-11-16(21)10-17(22)12-19)13-14-6-8-15(9-7-14)20(25)23-18-4-2-3-5-18/h6-12,18H,2-5,13H2,1H3,(H,23,25). The third-order valence-electron chi connectivity index (χ3n) is 4.77. The minimum atomic E-state index is -3.56. The van der Waals surface area contributed by atoms with Gasteiger partial charge in [0.05, 0.1) is 18.5 Å². The Morgan fingerprint density at radius 2 is 1.64 bits per heavy atom. The fraction of sp³-hybridized carbons (Fsp3) is 0.350. The summed E-state index contributed by atoms with van der Waals surface area (Å²) in [5.74, 6) is -0.0972. The summed E-state index contributed by atoms with van der Waals surface area (Å²) in [7, 11) is -3.56. The lowest BCUT2D eigenvalue weighted by Crippen LogP contribution is -2.32. The molecule has 1 N–H and O–H groups in total. The number of nitrogens with one attached hydrogen (secondary N) is 1. The van der Waals surface area contributed by atoms with Crippen LogP contribution < -0.4 is 9.62 Å². The van der Waals surface area contributed by atoms with E-state index in [0.717, 1.165) is 37.5 Å². The molecule has 28 heavy (non-hydrogen) atoms. The van der Waals surface area contributed by atoms with Crippen LogP contribution in [0.4, 0.5) is 5.69 Å². The first kappa shape index (κ1) is 21.0. The van der Waals surface area contributed by atoms with Gasteiger partial charge in [-0.05, 0) is 48.7 Å². The van der Waals surface area contributed by atoms with E-state index in [1.54, 1.807) is 42.5 Å². The molecule has 150 valence electrons. The summed E-state index contributed by atoms with van der Waals surface area (Å²) in [4.78, 5) is 12.3. The fourth-order valence-electron chi connectivity index (χ4n) is 3.35. The van der Waals surface area contributed by atoms with Crippen LogP contribution in [0.15, 0.2) is 42.5 Å². The SMILES string of the molecule is CS(=O)(=O)N(Cc1ccc(C(=O)NC2CCCC2)cc1)c1cc(Cl)cc(Cl)c1. The lowest BCUT2D eigenvalue weighted by Gasteiger charge is -2.23. The third kappa shape index (κ3) is 5.40. The Labute approximate surface area is 175 Å². The van der Waals surface area contributed by atoms with Crippen molar-refractivity contribution in [1.82, 2.24) is 5.32 Å². The number of carbonyl (C=O) groups is 1. The number of hydrogen-bond acceptors (Lipinski definition) is 3. The maximum absolute atomic E-state index is 12.3. The van der Waals surface area contributed by atoms with E-state index < -0.39 is 10.0 Å². The molecule has 0 atom stereocenters. The van der Waals surface area contributed by atoms with Crippen molar-refractivity contribution in [2.24, 2.45) is 0 Å². The van der Waals surface area contributed by atoms with Crippen molar-refractivity contribution >= 4 is 44.8 Å². The number of rotatable bonds is 6. The zero-order valence-corrected chi connectivity index (χ0v) is 17.8. The van der Waals surface area contributed by atoms with Gasteiger partial charge in [0.1, 0.15) is 0 Å². The van der Waals surface area contributed by atoms with Crippen LogP contribution in [0.2, 0.25) is 10.0 Å². The zero-order valence-electron chi connectivity index (χ0n) is 15.5. The average molecular weight is 441 g/mol. The predicted octanol–water partition coefficient (Wildman–Crippen LogP) is 4.63. The number of carbonyl (C=O) groups excluding carboxylic acids is 1. The van der Waals surface area contributed by atoms with Crippen molar-refractivity contribution in [2.45, 2.75) is 38.3 Å². The van der Waals surface area contributed by atoms with E-state index >= 15 is 0 Å². The van der Waals surface area contributed by atoms with Crippen LogP contribution in [-0.2, 0) is 16.6 Å². The van der Waals surface area contributed by atoms with E-state index in [0.29, 0.717) is 21.3 Å². The van der Waals surface area contributed by atoms with Crippen molar-refractivity contribution < 1.29 is 13.2 Å². The molecule has 0 bridgehead atoms. The number of nitrogens with zero attached hydrogens (tertiary/aromatic N) is 1. The predicted molar refractivity (Wildman–Crippen MR) is 114 cm³/mol. The fourth-order valence-corrected chi connectivity index (χ4v) is 4.74. The molecular weight excluding hydrogens is 419 g/mol. The van der Waals surface area contributed by atoms with Gasteiger partial charge in [0.2, 0.25) is 10.0 Å². The van der Waals surface area contributed by atoms with E-state index in [4.69, 9.17) is 23.2 Å².